The third kappa shape index (κ3) is 3.01. The summed E-state index contributed by atoms with van der Waals surface area (Å²) in [5.41, 5.74) is 0. The van der Waals surface area contributed by atoms with Crippen molar-refractivity contribution in [1.29, 1.82) is 5.41 Å². The van der Waals surface area contributed by atoms with E-state index in [1.54, 1.807) is 4.90 Å². The summed E-state index contributed by atoms with van der Waals surface area (Å²) in [5, 5.41) is 16.3. The lowest BCUT2D eigenvalue weighted by atomic mass is 9.92. The number of carboxylic acid groups (broad SMARTS) is 1. The molecule has 0 aromatic rings. The number of nitrogens with one attached hydrogen (secondary N) is 1. The van der Waals surface area contributed by atoms with Crippen LogP contribution in [0.2, 0.25) is 0 Å². The normalized spacial score (nSPS) is 22.5. The first-order valence-electron chi connectivity index (χ1n) is 5.17. The van der Waals surface area contributed by atoms with Crippen molar-refractivity contribution < 1.29 is 9.90 Å². The summed E-state index contributed by atoms with van der Waals surface area (Å²) in [6.45, 7) is 2.86. The molecule has 1 fully saturated rings. The van der Waals surface area contributed by atoms with E-state index in [9.17, 15) is 4.79 Å². The molecular formula is C10H18N2O2. The number of aliphatic carboxylic acids is 1. The Morgan fingerprint density at radius 1 is 1.71 bits per heavy atom. The Morgan fingerprint density at radius 2 is 2.43 bits per heavy atom. The molecule has 1 unspecified atom stereocenters. The molecule has 4 heteroatoms. The van der Waals surface area contributed by atoms with Crippen LogP contribution in [0.3, 0.4) is 0 Å². The number of carbonyl (C=O) groups is 1. The number of hydrogen-bond donors (Lipinski definition) is 2. The van der Waals surface area contributed by atoms with E-state index in [4.69, 9.17) is 10.5 Å². The average molecular weight is 198 g/mol. The molecule has 0 saturated carbocycles. The molecule has 14 heavy (non-hydrogen) atoms. The Morgan fingerprint density at radius 3 is 2.93 bits per heavy atom. The summed E-state index contributed by atoms with van der Waals surface area (Å²) in [6.07, 6.45) is 4.09. The maximum Gasteiger partial charge on any atom is 0.323 e. The van der Waals surface area contributed by atoms with Crippen LogP contribution in [0.5, 0.6) is 0 Å². The highest BCUT2D eigenvalue weighted by molar-refractivity contribution is 5.84. The summed E-state index contributed by atoms with van der Waals surface area (Å²) in [4.78, 5) is 12.1. The number of amidine groups is 1. The lowest BCUT2D eigenvalue weighted by Gasteiger charge is -2.32. The van der Waals surface area contributed by atoms with Crippen molar-refractivity contribution in [3.8, 4) is 0 Å². The van der Waals surface area contributed by atoms with Gasteiger partial charge in [-0.1, -0.05) is 19.8 Å². The maximum absolute atomic E-state index is 10.5. The molecule has 80 valence electrons. The van der Waals surface area contributed by atoms with Crippen molar-refractivity contribution in [2.24, 2.45) is 5.92 Å². The number of hydrogen-bond acceptors (Lipinski definition) is 2. The van der Waals surface area contributed by atoms with Crippen molar-refractivity contribution in [1.82, 2.24) is 4.90 Å². The van der Waals surface area contributed by atoms with Gasteiger partial charge in [0.25, 0.3) is 0 Å². The zero-order valence-corrected chi connectivity index (χ0v) is 8.62. The van der Waals surface area contributed by atoms with Crippen LogP contribution in [-0.2, 0) is 4.79 Å². The first-order valence-corrected chi connectivity index (χ1v) is 5.17. The highest BCUT2D eigenvalue weighted by Gasteiger charge is 2.23. The van der Waals surface area contributed by atoms with Crippen LogP contribution in [0.25, 0.3) is 0 Å². The van der Waals surface area contributed by atoms with E-state index >= 15 is 0 Å². The Hall–Kier alpha value is -1.06. The molecule has 0 amide bonds. The summed E-state index contributed by atoms with van der Waals surface area (Å²) in [7, 11) is 0. The number of rotatable bonds is 4. The van der Waals surface area contributed by atoms with Crippen molar-refractivity contribution in [2.75, 3.05) is 13.1 Å². The summed E-state index contributed by atoms with van der Waals surface area (Å²) in [6, 6.07) is 0. The van der Waals surface area contributed by atoms with E-state index in [1.165, 1.54) is 0 Å². The van der Waals surface area contributed by atoms with Gasteiger partial charge in [0.2, 0.25) is 0 Å². The molecule has 1 aliphatic heterocycles. The van der Waals surface area contributed by atoms with Gasteiger partial charge >= 0.3 is 5.97 Å². The first kappa shape index (κ1) is 11.0. The quantitative estimate of drug-likeness (QED) is 0.720. The Bertz CT molecular complexity index is 228. The van der Waals surface area contributed by atoms with Crippen LogP contribution in [0.4, 0.5) is 0 Å². The van der Waals surface area contributed by atoms with Gasteiger partial charge in [0.15, 0.2) is 0 Å². The largest absolute Gasteiger partial charge is 0.480 e. The van der Waals surface area contributed by atoms with Gasteiger partial charge in [-0.2, -0.15) is 0 Å². The minimum atomic E-state index is -0.844. The SMILES string of the molecule is CCCC1CCN(CC(=O)O)C(=N)C1. The lowest BCUT2D eigenvalue weighted by molar-refractivity contribution is -0.137. The highest BCUT2D eigenvalue weighted by atomic mass is 16.4. The van der Waals surface area contributed by atoms with Crippen molar-refractivity contribution in [3.63, 3.8) is 0 Å². The second-order valence-electron chi connectivity index (χ2n) is 3.91. The van der Waals surface area contributed by atoms with E-state index in [0.29, 0.717) is 11.8 Å². The first-order chi connectivity index (χ1) is 6.63. The highest BCUT2D eigenvalue weighted by Crippen LogP contribution is 2.22. The van der Waals surface area contributed by atoms with Gasteiger partial charge in [-0.15, -0.1) is 0 Å². The molecule has 1 rings (SSSR count). The molecule has 0 spiro atoms. The topological polar surface area (TPSA) is 64.4 Å². The Kier molecular flexibility index (Phi) is 3.92. The number of carboxylic acids is 1. The van der Waals surface area contributed by atoms with E-state index in [0.717, 1.165) is 32.2 Å². The van der Waals surface area contributed by atoms with Crippen LogP contribution in [0.15, 0.2) is 0 Å². The minimum absolute atomic E-state index is 0.0162. The van der Waals surface area contributed by atoms with Crippen LogP contribution < -0.4 is 0 Å². The van der Waals surface area contributed by atoms with Gasteiger partial charge in [0.05, 0.1) is 5.84 Å². The predicted molar refractivity (Wildman–Crippen MR) is 54.6 cm³/mol. The van der Waals surface area contributed by atoms with Crippen LogP contribution in [-0.4, -0.2) is 34.9 Å². The van der Waals surface area contributed by atoms with Crippen LogP contribution in [0.1, 0.15) is 32.6 Å². The fourth-order valence-corrected chi connectivity index (χ4v) is 1.97. The standard InChI is InChI=1S/C10H18N2O2/c1-2-3-8-4-5-12(7-10(13)14)9(11)6-8/h8,11H,2-7H2,1H3,(H,13,14). The maximum atomic E-state index is 10.5. The molecule has 0 bridgehead atoms. The van der Waals surface area contributed by atoms with Gasteiger partial charge in [0.1, 0.15) is 6.54 Å². The third-order valence-corrected chi connectivity index (χ3v) is 2.69. The number of likely N-dealkylation sites (tertiary alicyclic amines) is 1. The summed E-state index contributed by atoms with van der Waals surface area (Å²) >= 11 is 0. The molecular weight excluding hydrogens is 180 g/mol. The van der Waals surface area contributed by atoms with Gasteiger partial charge in [0, 0.05) is 13.0 Å². The smallest absolute Gasteiger partial charge is 0.323 e. The molecule has 1 saturated heterocycles. The van der Waals surface area contributed by atoms with Crippen molar-refractivity contribution in [3.05, 3.63) is 0 Å². The minimum Gasteiger partial charge on any atom is -0.480 e. The van der Waals surface area contributed by atoms with E-state index in [1.807, 2.05) is 0 Å². The van der Waals surface area contributed by atoms with Crippen LogP contribution >= 0.6 is 0 Å². The fourth-order valence-electron chi connectivity index (χ4n) is 1.97. The van der Waals surface area contributed by atoms with Crippen LogP contribution in [0, 0.1) is 11.3 Å². The zero-order valence-electron chi connectivity index (χ0n) is 8.62. The van der Waals surface area contributed by atoms with Gasteiger partial charge in [-0.25, -0.2) is 0 Å². The molecule has 0 radical (unpaired) electrons. The second-order valence-corrected chi connectivity index (χ2v) is 3.91. The molecule has 1 heterocycles. The van der Waals surface area contributed by atoms with E-state index in [-0.39, 0.29) is 6.54 Å². The summed E-state index contributed by atoms with van der Waals surface area (Å²) in [5.74, 6) is 0.248. The average Bonchev–Trinajstić information content (AvgIpc) is 2.10. The predicted octanol–water partition coefficient (Wildman–Crippen LogP) is 1.56. The molecule has 0 aliphatic carbocycles. The summed E-state index contributed by atoms with van der Waals surface area (Å²) < 4.78 is 0. The monoisotopic (exact) mass is 198 g/mol. The lowest BCUT2D eigenvalue weighted by Crippen LogP contribution is -2.41. The second kappa shape index (κ2) is 4.98. The van der Waals surface area contributed by atoms with Gasteiger partial charge in [-0.05, 0) is 12.3 Å². The van der Waals surface area contributed by atoms with E-state index < -0.39 is 5.97 Å². The van der Waals surface area contributed by atoms with E-state index in [2.05, 4.69) is 6.92 Å². The van der Waals surface area contributed by atoms with Crippen molar-refractivity contribution >= 4 is 11.8 Å². The molecule has 4 nitrogen and oxygen atoms in total. The number of piperidine rings is 1. The Balaban J connectivity index is 2.39. The van der Waals surface area contributed by atoms with Gasteiger partial charge < -0.3 is 10.0 Å². The third-order valence-electron chi connectivity index (χ3n) is 2.69. The number of nitrogens with zero attached hydrogens (tertiary/aromatic N) is 1. The van der Waals surface area contributed by atoms with Crippen molar-refractivity contribution in [2.45, 2.75) is 32.6 Å². The molecule has 1 atom stereocenters. The molecule has 1 aliphatic rings. The molecule has 0 aromatic heterocycles. The molecule has 2 N–H and O–H groups in total. The Labute approximate surface area is 84.4 Å². The zero-order chi connectivity index (χ0) is 10.6. The van der Waals surface area contributed by atoms with Gasteiger partial charge in [-0.3, -0.25) is 10.2 Å². The molecule has 0 aromatic carbocycles. The fraction of sp³-hybridized carbons (Fsp3) is 0.800.